The summed E-state index contributed by atoms with van der Waals surface area (Å²) in [7, 11) is 0. The Bertz CT molecular complexity index is 821. The Morgan fingerprint density at radius 2 is 1.29 bits per heavy atom. The number of unbranched alkanes of at least 4 members (excludes halogenated alkanes) is 8. The zero-order chi connectivity index (χ0) is 24.8. The molecule has 1 heterocycles. The van der Waals surface area contributed by atoms with E-state index in [1.807, 2.05) is 12.1 Å². The van der Waals surface area contributed by atoms with Gasteiger partial charge >= 0.3 is 0 Å². The van der Waals surface area contributed by atoms with Gasteiger partial charge in [-0.05, 0) is 36.5 Å². The van der Waals surface area contributed by atoms with E-state index in [1.165, 1.54) is 64.2 Å². The van der Waals surface area contributed by atoms with Crippen molar-refractivity contribution in [3.05, 3.63) is 23.8 Å². The van der Waals surface area contributed by atoms with E-state index < -0.39 is 0 Å². The number of phenols is 1. The van der Waals surface area contributed by atoms with Gasteiger partial charge in [0.05, 0.1) is 0 Å². The molecule has 2 rings (SSSR count). The number of nitrogens with zero attached hydrogens (tertiary/aromatic N) is 3. The summed E-state index contributed by atoms with van der Waals surface area (Å²) in [5, 5.41) is 15.2. The second-order valence-electron chi connectivity index (χ2n) is 9.86. The van der Waals surface area contributed by atoms with E-state index >= 15 is 0 Å². The molecule has 2 N–H and O–H groups in total. The van der Waals surface area contributed by atoms with Gasteiger partial charge in [0.1, 0.15) is 5.75 Å². The van der Waals surface area contributed by atoms with Crippen molar-refractivity contribution < 1.29 is 5.11 Å². The molecule has 190 valence electrons. The number of aromatic hydroxyl groups is 1. The van der Waals surface area contributed by atoms with E-state index in [2.05, 4.69) is 39.9 Å². The molecule has 0 saturated heterocycles. The van der Waals surface area contributed by atoms with Crippen molar-refractivity contribution in [1.82, 2.24) is 15.0 Å². The molecule has 1 aromatic carbocycles. The highest BCUT2D eigenvalue weighted by Crippen LogP contribution is 2.33. The van der Waals surface area contributed by atoms with Crippen LogP contribution < -0.4 is 5.32 Å². The average Bonchev–Trinajstić information content (AvgIpc) is 2.79. The van der Waals surface area contributed by atoms with Crippen molar-refractivity contribution in [2.45, 2.75) is 115 Å². The predicted molar refractivity (Wildman–Crippen MR) is 149 cm³/mol. The fraction of sp³-hybridized carbons (Fsp3) is 0.667. The van der Waals surface area contributed by atoms with Crippen LogP contribution in [-0.4, -0.2) is 31.6 Å². The number of nitrogens with one attached hydrogen (secondary N) is 1. The van der Waals surface area contributed by atoms with Crippen molar-refractivity contribution in [1.29, 1.82) is 0 Å². The maximum atomic E-state index is 10.3. The molecular weight excluding hydrogens is 460 g/mol. The molecule has 0 saturated carbocycles. The molecule has 2 aromatic rings. The molecule has 0 aliphatic rings. The maximum absolute atomic E-state index is 10.3. The highest BCUT2D eigenvalue weighted by molar-refractivity contribution is 7.99. The Morgan fingerprint density at radius 1 is 0.765 bits per heavy atom. The quantitative estimate of drug-likeness (QED) is 0.134. The van der Waals surface area contributed by atoms with Crippen molar-refractivity contribution in [3.63, 3.8) is 0 Å². The monoisotopic (exact) mass is 504 g/mol. The van der Waals surface area contributed by atoms with Crippen molar-refractivity contribution >= 4 is 35.2 Å². The first-order chi connectivity index (χ1) is 16.3. The highest BCUT2D eigenvalue weighted by Gasteiger charge is 2.19. The van der Waals surface area contributed by atoms with Gasteiger partial charge in [-0.2, -0.15) is 15.0 Å². The van der Waals surface area contributed by atoms with E-state index in [-0.39, 0.29) is 5.41 Å². The SMILES string of the molecule is CCCCCCCSc1nc(Nc2ccc(O)c(C(C)(C)C)c2)nc(SCCCCCCC)n1. The lowest BCUT2D eigenvalue weighted by Crippen LogP contribution is -2.12. The topological polar surface area (TPSA) is 70.9 Å². The Balaban J connectivity index is 2.09. The fourth-order valence-corrected chi connectivity index (χ4v) is 5.33. The molecule has 0 spiro atoms. The van der Waals surface area contributed by atoms with Crippen LogP contribution in [0.1, 0.15) is 104 Å². The molecule has 0 fully saturated rings. The first-order valence-corrected chi connectivity index (χ1v) is 14.9. The van der Waals surface area contributed by atoms with Gasteiger partial charge in [0.2, 0.25) is 5.95 Å². The van der Waals surface area contributed by atoms with Crippen LogP contribution in [0.3, 0.4) is 0 Å². The molecule has 0 amide bonds. The number of benzene rings is 1. The van der Waals surface area contributed by atoms with Crippen LogP contribution >= 0.6 is 23.5 Å². The fourth-order valence-electron chi connectivity index (χ4n) is 3.60. The highest BCUT2D eigenvalue weighted by atomic mass is 32.2. The number of hydrogen-bond acceptors (Lipinski definition) is 7. The van der Waals surface area contributed by atoms with Gasteiger partial charge in [-0.1, -0.05) is 110 Å². The minimum Gasteiger partial charge on any atom is -0.508 e. The lowest BCUT2D eigenvalue weighted by Gasteiger charge is -2.21. The molecule has 0 bridgehead atoms. The van der Waals surface area contributed by atoms with Crippen LogP contribution in [0.25, 0.3) is 0 Å². The molecule has 0 aliphatic heterocycles. The van der Waals surface area contributed by atoms with Crippen LogP contribution in [0.4, 0.5) is 11.6 Å². The lowest BCUT2D eigenvalue weighted by atomic mass is 9.86. The first-order valence-electron chi connectivity index (χ1n) is 13.0. The van der Waals surface area contributed by atoms with Gasteiger partial charge < -0.3 is 10.4 Å². The van der Waals surface area contributed by atoms with Gasteiger partial charge in [0.15, 0.2) is 10.3 Å². The van der Waals surface area contributed by atoms with Crippen molar-refractivity contribution in [2.24, 2.45) is 0 Å². The number of phenolic OH excluding ortho intramolecular Hbond substituents is 1. The van der Waals surface area contributed by atoms with E-state index in [1.54, 1.807) is 29.6 Å². The summed E-state index contributed by atoms with van der Waals surface area (Å²) >= 11 is 3.44. The normalized spacial score (nSPS) is 11.7. The molecule has 1 aromatic heterocycles. The second-order valence-corrected chi connectivity index (χ2v) is 12.0. The smallest absolute Gasteiger partial charge is 0.232 e. The summed E-state index contributed by atoms with van der Waals surface area (Å²) < 4.78 is 0. The third-order valence-corrected chi connectivity index (χ3v) is 7.48. The van der Waals surface area contributed by atoms with Crippen LogP contribution in [0.15, 0.2) is 28.5 Å². The molecule has 0 atom stereocenters. The summed E-state index contributed by atoms with van der Waals surface area (Å²) in [5.74, 6) is 2.94. The zero-order valence-electron chi connectivity index (χ0n) is 21.8. The molecular formula is C27H44N4OS2. The van der Waals surface area contributed by atoms with E-state index in [0.29, 0.717) is 11.7 Å². The van der Waals surface area contributed by atoms with Gasteiger partial charge in [-0.25, -0.2) is 0 Å². The van der Waals surface area contributed by atoms with Gasteiger partial charge in [-0.3, -0.25) is 0 Å². The van der Waals surface area contributed by atoms with Crippen LogP contribution in [-0.2, 0) is 5.41 Å². The molecule has 7 heteroatoms. The van der Waals surface area contributed by atoms with Gasteiger partial charge in [-0.15, -0.1) is 0 Å². The summed E-state index contributed by atoms with van der Waals surface area (Å²) in [6, 6.07) is 5.59. The molecule has 0 radical (unpaired) electrons. The van der Waals surface area contributed by atoms with Gasteiger partial charge in [0.25, 0.3) is 0 Å². The second kappa shape index (κ2) is 15.5. The first kappa shape index (κ1) is 28.8. The minimum atomic E-state index is -0.154. The van der Waals surface area contributed by atoms with Crippen LogP contribution in [0.2, 0.25) is 0 Å². The van der Waals surface area contributed by atoms with E-state index in [9.17, 15) is 5.11 Å². The van der Waals surface area contributed by atoms with Gasteiger partial charge in [0, 0.05) is 22.8 Å². The molecule has 0 aliphatic carbocycles. The Hall–Kier alpha value is -1.47. The Labute approximate surface area is 215 Å². The summed E-state index contributed by atoms with van der Waals surface area (Å²) in [6.07, 6.45) is 12.7. The van der Waals surface area contributed by atoms with E-state index in [0.717, 1.165) is 33.1 Å². The zero-order valence-corrected chi connectivity index (χ0v) is 23.5. The maximum Gasteiger partial charge on any atom is 0.232 e. The number of anilines is 2. The summed E-state index contributed by atoms with van der Waals surface area (Å²) in [6.45, 7) is 10.8. The van der Waals surface area contributed by atoms with E-state index in [4.69, 9.17) is 15.0 Å². The number of aromatic nitrogens is 3. The lowest BCUT2D eigenvalue weighted by molar-refractivity contribution is 0.447. The molecule has 0 unspecified atom stereocenters. The summed E-state index contributed by atoms with van der Waals surface area (Å²) in [5.41, 5.74) is 1.62. The van der Waals surface area contributed by atoms with Crippen LogP contribution in [0.5, 0.6) is 5.75 Å². The minimum absolute atomic E-state index is 0.154. The van der Waals surface area contributed by atoms with Crippen LogP contribution in [0, 0.1) is 0 Å². The Morgan fingerprint density at radius 3 is 1.79 bits per heavy atom. The Kier molecular flexibility index (Phi) is 13.1. The predicted octanol–water partition coefficient (Wildman–Crippen LogP) is 8.74. The molecule has 5 nitrogen and oxygen atoms in total. The summed E-state index contributed by atoms with van der Waals surface area (Å²) in [4.78, 5) is 14.1. The molecule has 34 heavy (non-hydrogen) atoms. The number of hydrogen-bond donors (Lipinski definition) is 2. The average molecular weight is 505 g/mol. The number of thioether (sulfide) groups is 2. The van der Waals surface area contributed by atoms with Crippen molar-refractivity contribution in [3.8, 4) is 5.75 Å². The number of rotatable bonds is 16. The van der Waals surface area contributed by atoms with Crippen molar-refractivity contribution in [2.75, 3.05) is 16.8 Å². The largest absolute Gasteiger partial charge is 0.508 e. The standard InChI is InChI=1S/C27H44N4OS2/c1-6-8-10-12-14-18-33-25-29-24(30-26(31-25)34-19-15-13-11-9-7-2)28-21-16-17-23(32)22(20-21)27(3,4)5/h16-17,20,32H,6-15,18-19H2,1-5H3,(H,28,29,30,31). The third-order valence-electron chi connectivity index (χ3n) is 5.61. The third kappa shape index (κ3) is 10.9.